The molecule has 21 heavy (non-hydrogen) atoms. The normalized spacial score (nSPS) is 12.9. The van der Waals surface area contributed by atoms with Crippen molar-refractivity contribution in [3.63, 3.8) is 0 Å². The SMILES string of the molecule is CCNC(Cc1nc2ccccc2n1C)c1occc1C. The van der Waals surface area contributed by atoms with Gasteiger partial charge in [-0.3, -0.25) is 0 Å². The molecule has 1 N–H and O–H groups in total. The Balaban J connectivity index is 1.94. The zero-order valence-electron chi connectivity index (χ0n) is 12.8. The number of imidazole rings is 1. The molecule has 1 atom stereocenters. The van der Waals surface area contributed by atoms with Gasteiger partial charge in [-0.1, -0.05) is 19.1 Å². The Bertz CT molecular complexity index is 741. The second-order valence-corrected chi connectivity index (χ2v) is 5.36. The third-order valence-corrected chi connectivity index (χ3v) is 3.94. The van der Waals surface area contributed by atoms with E-state index in [2.05, 4.69) is 42.9 Å². The second kappa shape index (κ2) is 5.74. The highest BCUT2D eigenvalue weighted by molar-refractivity contribution is 5.75. The average molecular weight is 283 g/mol. The first kappa shape index (κ1) is 13.9. The number of para-hydroxylation sites is 2. The van der Waals surface area contributed by atoms with Crippen molar-refractivity contribution in [2.24, 2.45) is 7.05 Å². The summed E-state index contributed by atoms with van der Waals surface area (Å²) in [7, 11) is 2.07. The first-order valence-electron chi connectivity index (χ1n) is 7.38. The van der Waals surface area contributed by atoms with Crippen molar-refractivity contribution in [3.8, 4) is 0 Å². The quantitative estimate of drug-likeness (QED) is 0.780. The highest BCUT2D eigenvalue weighted by atomic mass is 16.3. The van der Waals surface area contributed by atoms with Crippen LogP contribution in [0.4, 0.5) is 0 Å². The number of fused-ring (bicyclic) bond motifs is 1. The van der Waals surface area contributed by atoms with Gasteiger partial charge in [0.05, 0.1) is 23.3 Å². The summed E-state index contributed by atoms with van der Waals surface area (Å²) in [6, 6.07) is 10.4. The molecular weight excluding hydrogens is 262 g/mol. The zero-order chi connectivity index (χ0) is 14.8. The standard InChI is InChI=1S/C17H21N3O/c1-4-18-14(17-12(2)9-10-21-17)11-16-19-13-7-5-6-8-15(13)20(16)3/h5-10,14,18H,4,11H2,1-3H3. The monoisotopic (exact) mass is 283 g/mol. The summed E-state index contributed by atoms with van der Waals surface area (Å²) in [6.07, 6.45) is 2.57. The van der Waals surface area contributed by atoms with E-state index in [9.17, 15) is 0 Å². The van der Waals surface area contributed by atoms with E-state index in [1.807, 2.05) is 18.2 Å². The van der Waals surface area contributed by atoms with E-state index in [1.165, 1.54) is 11.1 Å². The Hall–Kier alpha value is -2.07. The Morgan fingerprint density at radius 3 is 2.76 bits per heavy atom. The number of hydrogen-bond acceptors (Lipinski definition) is 3. The summed E-state index contributed by atoms with van der Waals surface area (Å²) in [4.78, 5) is 4.76. The lowest BCUT2D eigenvalue weighted by Gasteiger charge is -2.16. The van der Waals surface area contributed by atoms with E-state index in [-0.39, 0.29) is 6.04 Å². The number of benzene rings is 1. The van der Waals surface area contributed by atoms with Gasteiger partial charge in [0.25, 0.3) is 0 Å². The summed E-state index contributed by atoms with van der Waals surface area (Å²) in [5, 5.41) is 3.50. The molecule has 1 aromatic carbocycles. The van der Waals surface area contributed by atoms with Crippen molar-refractivity contribution in [3.05, 3.63) is 53.7 Å². The van der Waals surface area contributed by atoms with Gasteiger partial charge in [-0.05, 0) is 37.2 Å². The van der Waals surface area contributed by atoms with Gasteiger partial charge < -0.3 is 14.3 Å². The van der Waals surface area contributed by atoms with E-state index >= 15 is 0 Å². The predicted octanol–water partition coefficient (Wildman–Crippen LogP) is 3.37. The molecule has 3 rings (SSSR count). The fourth-order valence-electron chi connectivity index (χ4n) is 2.81. The van der Waals surface area contributed by atoms with Crippen LogP contribution in [0.15, 0.2) is 41.0 Å². The van der Waals surface area contributed by atoms with Crippen LogP contribution < -0.4 is 5.32 Å². The van der Waals surface area contributed by atoms with Crippen molar-refractivity contribution < 1.29 is 4.42 Å². The first-order valence-corrected chi connectivity index (χ1v) is 7.38. The van der Waals surface area contributed by atoms with Gasteiger partial charge in [0.2, 0.25) is 0 Å². The van der Waals surface area contributed by atoms with Crippen LogP contribution in [0, 0.1) is 6.92 Å². The number of hydrogen-bond donors (Lipinski definition) is 1. The fraction of sp³-hybridized carbons (Fsp3) is 0.353. The third kappa shape index (κ3) is 2.59. The molecule has 0 saturated carbocycles. The molecule has 0 saturated heterocycles. The Kier molecular flexibility index (Phi) is 3.80. The lowest BCUT2D eigenvalue weighted by Crippen LogP contribution is -2.24. The summed E-state index contributed by atoms with van der Waals surface area (Å²) in [5.41, 5.74) is 3.39. The smallest absolute Gasteiger partial charge is 0.124 e. The van der Waals surface area contributed by atoms with Gasteiger partial charge in [-0.25, -0.2) is 4.98 Å². The molecule has 2 heterocycles. The average Bonchev–Trinajstić information content (AvgIpc) is 3.04. The minimum absolute atomic E-state index is 0.153. The number of aryl methyl sites for hydroxylation is 2. The predicted molar refractivity (Wildman–Crippen MR) is 84.3 cm³/mol. The summed E-state index contributed by atoms with van der Waals surface area (Å²) in [5.74, 6) is 2.07. The molecule has 0 bridgehead atoms. The number of nitrogens with zero attached hydrogens (tertiary/aromatic N) is 2. The minimum Gasteiger partial charge on any atom is -0.467 e. The van der Waals surface area contributed by atoms with E-state index in [0.29, 0.717) is 0 Å². The Labute approximate surface area is 124 Å². The maximum Gasteiger partial charge on any atom is 0.124 e. The van der Waals surface area contributed by atoms with Gasteiger partial charge >= 0.3 is 0 Å². The van der Waals surface area contributed by atoms with Crippen LogP contribution in [0.3, 0.4) is 0 Å². The molecule has 0 fully saturated rings. The lowest BCUT2D eigenvalue weighted by atomic mass is 10.1. The molecule has 0 aliphatic rings. The zero-order valence-corrected chi connectivity index (χ0v) is 12.8. The molecular formula is C17H21N3O. The maximum absolute atomic E-state index is 5.67. The topological polar surface area (TPSA) is 43.0 Å². The Morgan fingerprint density at radius 1 is 1.29 bits per heavy atom. The maximum atomic E-state index is 5.67. The number of rotatable bonds is 5. The van der Waals surface area contributed by atoms with Gasteiger partial charge in [0.1, 0.15) is 11.6 Å². The molecule has 0 aliphatic carbocycles. The van der Waals surface area contributed by atoms with Crippen molar-refractivity contribution in [1.82, 2.24) is 14.9 Å². The minimum atomic E-state index is 0.153. The van der Waals surface area contributed by atoms with Crippen molar-refractivity contribution in [1.29, 1.82) is 0 Å². The van der Waals surface area contributed by atoms with E-state index < -0.39 is 0 Å². The van der Waals surface area contributed by atoms with E-state index in [4.69, 9.17) is 9.40 Å². The van der Waals surface area contributed by atoms with E-state index in [0.717, 1.165) is 30.1 Å². The van der Waals surface area contributed by atoms with Crippen LogP contribution in [-0.2, 0) is 13.5 Å². The second-order valence-electron chi connectivity index (χ2n) is 5.36. The largest absolute Gasteiger partial charge is 0.467 e. The number of furan rings is 1. The van der Waals surface area contributed by atoms with Crippen LogP contribution in [0.25, 0.3) is 11.0 Å². The molecule has 4 heteroatoms. The number of likely N-dealkylation sites (N-methyl/N-ethyl adjacent to an activating group) is 1. The van der Waals surface area contributed by atoms with E-state index in [1.54, 1.807) is 6.26 Å². The summed E-state index contributed by atoms with van der Waals surface area (Å²) >= 11 is 0. The highest BCUT2D eigenvalue weighted by Gasteiger charge is 2.19. The highest BCUT2D eigenvalue weighted by Crippen LogP contribution is 2.24. The van der Waals surface area contributed by atoms with Crippen LogP contribution in [0.1, 0.15) is 30.1 Å². The molecule has 1 unspecified atom stereocenters. The number of nitrogens with one attached hydrogen (secondary N) is 1. The molecule has 4 nitrogen and oxygen atoms in total. The van der Waals surface area contributed by atoms with Gasteiger partial charge in [0.15, 0.2) is 0 Å². The van der Waals surface area contributed by atoms with Crippen LogP contribution in [0.2, 0.25) is 0 Å². The molecule has 110 valence electrons. The molecule has 3 aromatic rings. The van der Waals surface area contributed by atoms with Gasteiger partial charge in [-0.2, -0.15) is 0 Å². The van der Waals surface area contributed by atoms with Crippen molar-refractivity contribution in [2.45, 2.75) is 26.3 Å². The Morgan fingerprint density at radius 2 is 2.10 bits per heavy atom. The van der Waals surface area contributed by atoms with Crippen molar-refractivity contribution >= 4 is 11.0 Å². The van der Waals surface area contributed by atoms with Gasteiger partial charge in [0, 0.05) is 13.5 Å². The van der Waals surface area contributed by atoms with Crippen LogP contribution in [-0.4, -0.2) is 16.1 Å². The molecule has 0 amide bonds. The molecule has 0 spiro atoms. The summed E-state index contributed by atoms with van der Waals surface area (Å²) in [6.45, 7) is 5.09. The number of aromatic nitrogens is 2. The van der Waals surface area contributed by atoms with Crippen LogP contribution >= 0.6 is 0 Å². The first-order chi connectivity index (χ1) is 10.2. The summed E-state index contributed by atoms with van der Waals surface area (Å²) < 4.78 is 7.83. The third-order valence-electron chi connectivity index (χ3n) is 3.94. The fourth-order valence-corrected chi connectivity index (χ4v) is 2.81. The van der Waals surface area contributed by atoms with Crippen molar-refractivity contribution in [2.75, 3.05) is 6.54 Å². The van der Waals surface area contributed by atoms with Gasteiger partial charge in [-0.15, -0.1) is 0 Å². The van der Waals surface area contributed by atoms with Crippen LogP contribution in [0.5, 0.6) is 0 Å². The molecule has 0 aliphatic heterocycles. The molecule has 2 aromatic heterocycles. The lowest BCUT2D eigenvalue weighted by molar-refractivity contribution is 0.407. The molecule has 0 radical (unpaired) electrons.